The molecule has 1 aliphatic rings. The summed E-state index contributed by atoms with van der Waals surface area (Å²) in [5.41, 5.74) is 1.93. The van der Waals surface area contributed by atoms with Gasteiger partial charge in [-0.3, -0.25) is 0 Å². The molecule has 4 heteroatoms. The molecule has 1 fully saturated rings. The number of hydrogen-bond donors (Lipinski definition) is 1. The number of ether oxygens (including phenoxy) is 1. The van der Waals surface area contributed by atoms with E-state index in [4.69, 9.17) is 16.3 Å². The molecule has 3 rings (SSSR count). The second kappa shape index (κ2) is 6.46. The summed E-state index contributed by atoms with van der Waals surface area (Å²) in [6, 6.07) is 12.8. The van der Waals surface area contributed by atoms with Gasteiger partial charge in [-0.1, -0.05) is 29.8 Å². The van der Waals surface area contributed by atoms with E-state index in [1.54, 1.807) is 6.07 Å². The predicted octanol–water partition coefficient (Wildman–Crippen LogP) is 4.31. The smallest absolute Gasteiger partial charge is 0.138 e. The highest BCUT2D eigenvalue weighted by atomic mass is 35.5. The van der Waals surface area contributed by atoms with Gasteiger partial charge in [0.2, 0.25) is 0 Å². The molecule has 0 heterocycles. The molecule has 1 N–H and O–H groups in total. The molecule has 1 saturated carbocycles. The lowest BCUT2D eigenvalue weighted by Crippen LogP contribution is -2.15. The van der Waals surface area contributed by atoms with Crippen molar-refractivity contribution in [3.05, 3.63) is 64.4 Å². The Hall–Kier alpha value is -1.58. The van der Waals surface area contributed by atoms with Crippen molar-refractivity contribution in [2.75, 3.05) is 0 Å². The molecule has 0 amide bonds. The van der Waals surface area contributed by atoms with Crippen LogP contribution in [0.2, 0.25) is 5.02 Å². The molecule has 0 saturated heterocycles. The lowest BCUT2D eigenvalue weighted by Gasteiger charge is -2.10. The van der Waals surface area contributed by atoms with Crippen LogP contribution in [0, 0.1) is 5.82 Å². The molecule has 0 unspecified atom stereocenters. The topological polar surface area (TPSA) is 21.3 Å². The Bertz CT molecular complexity index is 628. The van der Waals surface area contributed by atoms with E-state index < -0.39 is 0 Å². The molecule has 0 bridgehead atoms. The van der Waals surface area contributed by atoms with Crippen LogP contribution in [0.25, 0.3) is 0 Å². The molecule has 2 aromatic carbocycles. The van der Waals surface area contributed by atoms with Crippen molar-refractivity contribution in [3.8, 4) is 5.75 Å². The third-order valence-corrected chi connectivity index (χ3v) is 3.75. The first-order chi connectivity index (χ1) is 10.2. The number of halogens is 2. The molecule has 0 radical (unpaired) electrons. The monoisotopic (exact) mass is 305 g/mol. The summed E-state index contributed by atoms with van der Waals surface area (Å²) in [5, 5.41) is 4.03. The quantitative estimate of drug-likeness (QED) is 0.858. The molecular weight excluding hydrogens is 289 g/mol. The van der Waals surface area contributed by atoms with Crippen LogP contribution >= 0.6 is 11.6 Å². The summed E-state index contributed by atoms with van der Waals surface area (Å²) in [6.07, 6.45) is 2.53. The summed E-state index contributed by atoms with van der Waals surface area (Å²) in [5.74, 6) is 0.361. The van der Waals surface area contributed by atoms with Gasteiger partial charge in [0.05, 0.1) is 5.02 Å². The van der Waals surface area contributed by atoms with E-state index >= 15 is 0 Å². The molecular formula is C17H17ClFNO. The second-order valence-corrected chi connectivity index (χ2v) is 5.75. The molecule has 0 aliphatic heterocycles. The fourth-order valence-corrected chi connectivity index (χ4v) is 2.37. The number of hydrogen-bond acceptors (Lipinski definition) is 2. The predicted molar refractivity (Wildman–Crippen MR) is 82.0 cm³/mol. The van der Waals surface area contributed by atoms with Crippen LogP contribution < -0.4 is 10.1 Å². The fourth-order valence-electron chi connectivity index (χ4n) is 2.11. The zero-order valence-corrected chi connectivity index (χ0v) is 12.4. The van der Waals surface area contributed by atoms with Gasteiger partial charge in [0, 0.05) is 12.6 Å². The fraction of sp³-hybridized carbons (Fsp3) is 0.294. The van der Waals surface area contributed by atoms with Gasteiger partial charge in [-0.25, -0.2) is 4.39 Å². The SMILES string of the molecule is Fc1cccc(COc2ccc(CNC3CC3)cc2Cl)c1. The van der Waals surface area contributed by atoms with Crippen molar-refractivity contribution in [3.63, 3.8) is 0 Å². The molecule has 1 aliphatic carbocycles. The maximum atomic E-state index is 13.1. The van der Waals surface area contributed by atoms with Crippen molar-refractivity contribution in [2.45, 2.75) is 32.0 Å². The summed E-state index contributed by atoms with van der Waals surface area (Å²) < 4.78 is 18.7. The van der Waals surface area contributed by atoms with Gasteiger partial charge in [-0.05, 0) is 48.2 Å². The molecule has 2 nitrogen and oxygen atoms in total. The average Bonchev–Trinajstić information content (AvgIpc) is 3.28. The van der Waals surface area contributed by atoms with Crippen LogP contribution in [0.1, 0.15) is 24.0 Å². The van der Waals surface area contributed by atoms with Gasteiger partial charge >= 0.3 is 0 Å². The normalized spacial score (nSPS) is 14.2. The third-order valence-electron chi connectivity index (χ3n) is 3.45. The van der Waals surface area contributed by atoms with E-state index in [0.29, 0.717) is 23.4 Å². The first kappa shape index (κ1) is 14.4. The van der Waals surface area contributed by atoms with Gasteiger partial charge in [0.1, 0.15) is 18.2 Å². The van der Waals surface area contributed by atoms with Crippen LogP contribution in [0.5, 0.6) is 5.75 Å². The van der Waals surface area contributed by atoms with Crippen LogP contribution in [0.15, 0.2) is 42.5 Å². The van der Waals surface area contributed by atoms with Crippen LogP contribution in [-0.2, 0) is 13.2 Å². The highest BCUT2D eigenvalue weighted by molar-refractivity contribution is 6.32. The lowest BCUT2D eigenvalue weighted by atomic mass is 10.2. The maximum absolute atomic E-state index is 13.1. The zero-order valence-electron chi connectivity index (χ0n) is 11.6. The molecule has 0 spiro atoms. The Morgan fingerprint density at radius 1 is 1.14 bits per heavy atom. The van der Waals surface area contributed by atoms with Crippen LogP contribution in [-0.4, -0.2) is 6.04 Å². The van der Waals surface area contributed by atoms with E-state index in [1.165, 1.54) is 25.0 Å². The van der Waals surface area contributed by atoms with Gasteiger partial charge in [-0.15, -0.1) is 0 Å². The van der Waals surface area contributed by atoms with Crippen molar-refractivity contribution >= 4 is 11.6 Å². The zero-order chi connectivity index (χ0) is 14.7. The highest BCUT2D eigenvalue weighted by Crippen LogP contribution is 2.27. The van der Waals surface area contributed by atoms with Gasteiger partial charge < -0.3 is 10.1 Å². The maximum Gasteiger partial charge on any atom is 0.138 e. The van der Waals surface area contributed by atoms with E-state index in [9.17, 15) is 4.39 Å². The first-order valence-electron chi connectivity index (χ1n) is 7.10. The molecule has 0 atom stereocenters. The third kappa shape index (κ3) is 4.19. The van der Waals surface area contributed by atoms with E-state index in [2.05, 4.69) is 5.32 Å². The molecule has 110 valence electrons. The number of nitrogens with one attached hydrogen (secondary N) is 1. The Labute approximate surface area is 128 Å². The standard InChI is InChI=1S/C17H17ClFNO/c18-16-9-12(10-20-15-5-6-15)4-7-17(16)21-11-13-2-1-3-14(19)8-13/h1-4,7-9,15,20H,5-6,10-11H2. The average molecular weight is 306 g/mol. The Kier molecular flexibility index (Phi) is 4.42. The van der Waals surface area contributed by atoms with Crippen LogP contribution in [0.4, 0.5) is 4.39 Å². The van der Waals surface area contributed by atoms with Crippen molar-refractivity contribution in [2.24, 2.45) is 0 Å². The second-order valence-electron chi connectivity index (χ2n) is 5.34. The minimum atomic E-state index is -0.260. The van der Waals surface area contributed by atoms with Crippen LogP contribution in [0.3, 0.4) is 0 Å². The van der Waals surface area contributed by atoms with E-state index in [0.717, 1.165) is 17.7 Å². The Morgan fingerprint density at radius 2 is 2.00 bits per heavy atom. The van der Waals surface area contributed by atoms with Crippen molar-refractivity contribution < 1.29 is 9.13 Å². The van der Waals surface area contributed by atoms with Crippen molar-refractivity contribution in [1.82, 2.24) is 5.32 Å². The molecule has 21 heavy (non-hydrogen) atoms. The molecule has 2 aromatic rings. The van der Waals surface area contributed by atoms with E-state index in [-0.39, 0.29) is 5.82 Å². The molecule has 0 aromatic heterocycles. The minimum absolute atomic E-state index is 0.260. The Morgan fingerprint density at radius 3 is 2.71 bits per heavy atom. The summed E-state index contributed by atoms with van der Waals surface area (Å²) in [6.45, 7) is 1.13. The number of benzene rings is 2. The summed E-state index contributed by atoms with van der Waals surface area (Å²) in [7, 11) is 0. The Balaban J connectivity index is 1.59. The highest BCUT2D eigenvalue weighted by Gasteiger charge is 2.20. The summed E-state index contributed by atoms with van der Waals surface area (Å²) in [4.78, 5) is 0. The van der Waals surface area contributed by atoms with Gasteiger partial charge in [-0.2, -0.15) is 0 Å². The first-order valence-corrected chi connectivity index (χ1v) is 7.47. The minimum Gasteiger partial charge on any atom is -0.487 e. The van der Waals surface area contributed by atoms with E-state index in [1.807, 2.05) is 24.3 Å². The van der Waals surface area contributed by atoms with Crippen molar-refractivity contribution in [1.29, 1.82) is 0 Å². The van der Waals surface area contributed by atoms with Gasteiger partial charge in [0.25, 0.3) is 0 Å². The largest absolute Gasteiger partial charge is 0.487 e. The summed E-state index contributed by atoms with van der Waals surface area (Å²) >= 11 is 6.23. The van der Waals surface area contributed by atoms with Gasteiger partial charge in [0.15, 0.2) is 0 Å². The lowest BCUT2D eigenvalue weighted by molar-refractivity contribution is 0.305. The number of rotatable bonds is 6.